The van der Waals surface area contributed by atoms with Gasteiger partial charge in [0.1, 0.15) is 12.2 Å². The predicted octanol–water partition coefficient (Wildman–Crippen LogP) is 3.35. The molecule has 0 radical (unpaired) electrons. The smallest absolute Gasteiger partial charge is 0.356 e. The number of hydrogen-bond donors (Lipinski definition) is 1. The molecule has 1 saturated heterocycles. The molecular formula is C23H31BrN4O3. The van der Waals surface area contributed by atoms with E-state index in [2.05, 4.69) is 57.8 Å². The summed E-state index contributed by atoms with van der Waals surface area (Å²) in [5.74, 6) is 0.217. The number of anilines is 1. The quantitative estimate of drug-likeness (QED) is 0.562. The van der Waals surface area contributed by atoms with Gasteiger partial charge in [-0.1, -0.05) is 26.8 Å². The van der Waals surface area contributed by atoms with Gasteiger partial charge in [-0.3, -0.25) is 4.79 Å². The minimum Gasteiger partial charge on any atom is -0.461 e. The summed E-state index contributed by atoms with van der Waals surface area (Å²) in [6.45, 7) is 8.27. The topological polar surface area (TPSA) is 79.1 Å². The van der Waals surface area contributed by atoms with E-state index in [0.717, 1.165) is 35.2 Å². The highest BCUT2D eigenvalue weighted by Crippen LogP contribution is 2.41. The second-order valence-electron chi connectivity index (χ2n) is 8.88. The van der Waals surface area contributed by atoms with Gasteiger partial charge < -0.3 is 25.2 Å². The summed E-state index contributed by atoms with van der Waals surface area (Å²) < 4.78 is 6.64. The van der Waals surface area contributed by atoms with Gasteiger partial charge in [0.2, 0.25) is 5.91 Å². The van der Waals surface area contributed by atoms with Crippen molar-refractivity contribution in [2.75, 3.05) is 31.1 Å². The fourth-order valence-corrected chi connectivity index (χ4v) is 5.10. The van der Waals surface area contributed by atoms with Crippen LogP contribution in [0.25, 0.3) is 0 Å². The lowest BCUT2D eigenvalue weighted by Gasteiger charge is -2.36. The maximum atomic E-state index is 13.1. The van der Waals surface area contributed by atoms with Crippen molar-refractivity contribution < 1.29 is 14.3 Å². The van der Waals surface area contributed by atoms with Crippen molar-refractivity contribution >= 4 is 33.5 Å². The van der Waals surface area contributed by atoms with Gasteiger partial charge in [0.25, 0.3) is 0 Å². The Morgan fingerprint density at radius 3 is 2.52 bits per heavy atom. The zero-order valence-corrected chi connectivity index (χ0v) is 20.0. The highest BCUT2D eigenvalue weighted by atomic mass is 79.9. The van der Waals surface area contributed by atoms with Crippen LogP contribution in [-0.2, 0) is 14.3 Å². The minimum atomic E-state index is -0.417. The number of benzene rings is 1. The number of nitrogens with zero attached hydrogens (tertiary/aromatic N) is 3. The SMILES string of the molecule is CCC1=C(C(=O)OCC2CC2)N2CCN(c3ccc(C(C)C)cc3Br)C2N1CC(N)=O. The van der Waals surface area contributed by atoms with E-state index in [-0.39, 0.29) is 18.8 Å². The molecule has 2 heterocycles. The summed E-state index contributed by atoms with van der Waals surface area (Å²) >= 11 is 3.74. The summed E-state index contributed by atoms with van der Waals surface area (Å²) in [5.41, 5.74) is 9.29. The van der Waals surface area contributed by atoms with Gasteiger partial charge in [0.15, 0.2) is 6.29 Å². The lowest BCUT2D eigenvalue weighted by molar-refractivity contribution is -0.141. The van der Waals surface area contributed by atoms with Crippen molar-refractivity contribution in [2.45, 2.75) is 52.2 Å². The molecule has 31 heavy (non-hydrogen) atoms. The van der Waals surface area contributed by atoms with Crippen LogP contribution in [0.3, 0.4) is 0 Å². The fraction of sp³-hybridized carbons (Fsp3) is 0.565. The second-order valence-corrected chi connectivity index (χ2v) is 9.74. The molecule has 7 nitrogen and oxygen atoms in total. The Kier molecular flexibility index (Phi) is 6.19. The standard InChI is InChI=1S/C23H31BrN4O3/c1-4-18-21(22(30)31-13-15-5-6-15)27-10-9-26(23(27)28(18)12-20(25)29)19-8-7-16(14(2)3)11-17(19)24/h7-8,11,14-15,23H,4-6,9-10,12-13H2,1-3H3,(H2,25,29). The van der Waals surface area contributed by atoms with Crippen LogP contribution in [0.15, 0.2) is 34.1 Å². The number of amides is 1. The Bertz CT molecular complexity index is 912. The summed E-state index contributed by atoms with van der Waals surface area (Å²) in [7, 11) is 0. The van der Waals surface area contributed by atoms with Crippen LogP contribution in [0.1, 0.15) is 51.5 Å². The average Bonchev–Trinajstić information content (AvgIpc) is 3.38. The zero-order valence-electron chi connectivity index (χ0n) is 18.4. The Morgan fingerprint density at radius 1 is 1.23 bits per heavy atom. The first-order valence-electron chi connectivity index (χ1n) is 11.1. The van der Waals surface area contributed by atoms with E-state index in [4.69, 9.17) is 10.5 Å². The van der Waals surface area contributed by atoms with Crippen molar-refractivity contribution in [3.05, 3.63) is 39.6 Å². The Hall–Kier alpha value is -2.22. The largest absolute Gasteiger partial charge is 0.461 e. The first kappa shape index (κ1) is 22.0. The molecule has 1 saturated carbocycles. The number of hydrogen-bond acceptors (Lipinski definition) is 6. The number of carbonyl (C=O) groups excluding carboxylic acids is 2. The number of fused-ring (bicyclic) bond motifs is 1. The molecule has 2 fully saturated rings. The number of primary amides is 1. The monoisotopic (exact) mass is 490 g/mol. The van der Waals surface area contributed by atoms with Crippen molar-refractivity contribution in [3.63, 3.8) is 0 Å². The van der Waals surface area contributed by atoms with E-state index >= 15 is 0 Å². The van der Waals surface area contributed by atoms with Crippen LogP contribution in [0.4, 0.5) is 5.69 Å². The molecule has 0 spiro atoms. The lowest BCUT2D eigenvalue weighted by atomic mass is 10.0. The van der Waals surface area contributed by atoms with Crippen LogP contribution in [0.2, 0.25) is 0 Å². The number of allylic oxidation sites excluding steroid dienone is 1. The Morgan fingerprint density at radius 2 is 1.94 bits per heavy atom. The first-order valence-corrected chi connectivity index (χ1v) is 11.9. The third-order valence-corrected chi connectivity index (χ3v) is 6.91. The number of nitrogens with two attached hydrogens (primary N) is 1. The highest BCUT2D eigenvalue weighted by Gasteiger charge is 2.48. The van der Waals surface area contributed by atoms with Crippen LogP contribution >= 0.6 is 15.9 Å². The van der Waals surface area contributed by atoms with E-state index in [1.165, 1.54) is 5.56 Å². The average molecular weight is 491 g/mol. The van der Waals surface area contributed by atoms with Crippen LogP contribution in [0.5, 0.6) is 0 Å². The molecule has 168 valence electrons. The maximum Gasteiger partial charge on any atom is 0.356 e. The number of ether oxygens (including phenoxy) is 1. The normalized spacial score (nSPS) is 20.7. The first-order chi connectivity index (χ1) is 14.8. The van der Waals surface area contributed by atoms with E-state index in [1.807, 2.05) is 11.8 Å². The lowest BCUT2D eigenvalue weighted by Crippen LogP contribution is -2.49. The molecule has 2 N–H and O–H groups in total. The molecular weight excluding hydrogens is 460 g/mol. The van der Waals surface area contributed by atoms with Gasteiger partial charge in [-0.2, -0.15) is 0 Å². The third kappa shape index (κ3) is 4.27. The van der Waals surface area contributed by atoms with E-state index < -0.39 is 5.91 Å². The van der Waals surface area contributed by atoms with Gasteiger partial charge in [0, 0.05) is 23.3 Å². The molecule has 0 bridgehead atoms. The van der Waals surface area contributed by atoms with Crippen LogP contribution in [0, 0.1) is 5.92 Å². The molecule has 1 aliphatic carbocycles. The molecule has 4 rings (SSSR count). The summed E-state index contributed by atoms with van der Waals surface area (Å²) in [4.78, 5) is 31.3. The highest BCUT2D eigenvalue weighted by molar-refractivity contribution is 9.10. The van der Waals surface area contributed by atoms with E-state index in [0.29, 0.717) is 37.1 Å². The minimum absolute atomic E-state index is 0.0575. The van der Waals surface area contributed by atoms with Gasteiger partial charge in [-0.25, -0.2) is 4.79 Å². The molecule has 2 aliphatic heterocycles. The van der Waals surface area contributed by atoms with Gasteiger partial charge in [-0.05, 0) is 64.7 Å². The summed E-state index contributed by atoms with van der Waals surface area (Å²) in [6.07, 6.45) is 2.60. The van der Waals surface area contributed by atoms with E-state index in [9.17, 15) is 9.59 Å². The number of rotatable bonds is 8. The molecule has 1 atom stereocenters. The van der Waals surface area contributed by atoms with Crippen molar-refractivity contribution in [1.29, 1.82) is 0 Å². The van der Waals surface area contributed by atoms with Crippen molar-refractivity contribution in [3.8, 4) is 0 Å². The summed E-state index contributed by atoms with van der Waals surface area (Å²) in [5, 5.41) is 0. The third-order valence-electron chi connectivity index (χ3n) is 6.27. The van der Waals surface area contributed by atoms with Crippen LogP contribution in [-0.4, -0.2) is 54.2 Å². The Labute approximate surface area is 192 Å². The zero-order chi connectivity index (χ0) is 22.3. The molecule has 0 aromatic heterocycles. The van der Waals surface area contributed by atoms with Gasteiger partial charge in [0.05, 0.1) is 12.3 Å². The Balaban J connectivity index is 1.66. The molecule has 8 heteroatoms. The van der Waals surface area contributed by atoms with Gasteiger partial charge >= 0.3 is 5.97 Å². The molecule has 1 unspecified atom stereocenters. The summed E-state index contributed by atoms with van der Waals surface area (Å²) in [6, 6.07) is 6.40. The fourth-order valence-electron chi connectivity index (χ4n) is 4.48. The number of carbonyl (C=O) groups is 2. The van der Waals surface area contributed by atoms with E-state index in [1.54, 1.807) is 0 Å². The van der Waals surface area contributed by atoms with Gasteiger partial charge in [-0.15, -0.1) is 0 Å². The maximum absolute atomic E-state index is 13.1. The van der Waals surface area contributed by atoms with Crippen molar-refractivity contribution in [2.24, 2.45) is 11.7 Å². The van der Waals surface area contributed by atoms with Crippen LogP contribution < -0.4 is 10.6 Å². The molecule has 1 aromatic rings. The number of halogens is 1. The number of esters is 1. The molecule has 1 amide bonds. The predicted molar refractivity (Wildman–Crippen MR) is 123 cm³/mol. The second kappa shape index (κ2) is 8.73. The molecule has 3 aliphatic rings. The van der Waals surface area contributed by atoms with Crippen molar-refractivity contribution in [1.82, 2.24) is 9.80 Å². The molecule has 1 aromatic carbocycles.